The van der Waals surface area contributed by atoms with Crippen LogP contribution >= 0.6 is 0 Å². The maximum Gasteiger partial charge on any atom is 0.159 e. The van der Waals surface area contributed by atoms with Crippen molar-refractivity contribution in [2.75, 3.05) is 9.80 Å². The third kappa shape index (κ3) is 6.97. The Hall–Kier alpha value is -8.92. The maximum absolute atomic E-state index is 7.30. The number of hydrogen-bond donors (Lipinski definition) is 0. The minimum Gasteiger partial charge on any atom is -0.454 e. The first-order chi connectivity index (χ1) is 34.5. The van der Waals surface area contributed by atoms with E-state index in [0.717, 1.165) is 67.5 Å². The first kappa shape index (κ1) is 41.3. The zero-order chi connectivity index (χ0) is 46.8. The van der Waals surface area contributed by atoms with Crippen LogP contribution in [0.5, 0.6) is 11.5 Å². The van der Waals surface area contributed by atoms with Crippen molar-refractivity contribution in [3.63, 3.8) is 0 Å². The van der Waals surface area contributed by atoms with E-state index in [1.165, 1.54) is 55.6 Å². The number of fused-ring (bicyclic) bond motifs is 5. The number of anilines is 6. The Balaban J connectivity index is 0.951. The van der Waals surface area contributed by atoms with Gasteiger partial charge in [0, 0.05) is 44.8 Å². The summed E-state index contributed by atoms with van der Waals surface area (Å²) in [6.07, 6.45) is 0. The average Bonchev–Trinajstić information content (AvgIpc) is 3.65. The van der Waals surface area contributed by atoms with Gasteiger partial charge in [-0.15, -0.1) is 0 Å². The van der Waals surface area contributed by atoms with Gasteiger partial charge in [0.25, 0.3) is 0 Å². The van der Waals surface area contributed by atoms with E-state index in [4.69, 9.17) is 4.74 Å². The van der Waals surface area contributed by atoms with Gasteiger partial charge in [-0.2, -0.15) is 0 Å². The molecule has 0 unspecified atom stereocenters. The molecule has 0 atom stereocenters. The normalized spacial score (nSPS) is 12.7. The predicted molar refractivity (Wildman–Crippen MR) is 293 cm³/mol. The van der Waals surface area contributed by atoms with Crippen LogP contribution in [0.1, 0.15) is 25.0 Å². The van der Waals surface area contributed by atoms with Crippen LogP contribution in [0.15, 0.2) is 255 Å². The van der Waals surface area contributed by atoms with Gasteiger partial charge in [0.1, 0.15) is 5.75 Å². The molecule has 0 N–H and O–H groups in total. The molecule has 0 saturated carbocycles. The highest BCUT2D eigenvalue weighted by molar-refractivity contribution is 6.09. The van der Waals surface area contributed by atoms with Gasteiger partial charge in [-0.3, -0.25) is 0 Å². The zero-order valence-electron chi connectivity index (χ0n) is 39.1. The molecular formula is C67H48N2O. The van der Waals surface area contributed by atoms with Crippen LogP contribution in [0.3, 0.4) is 0 Å². The van der Waals surface area contributed by atoms with Gasteiger partial charge < -0.3 is 14.5 Å². The molecule has 0 aromatic heterocycles. The van der Waals surface area contributed by atoms with E-state index < -0.39 is 0 Å². The highest BCUT2D eigenvalue weighted by Gasteiger charge is 2.36. The molecule has 3 nitrogen and oxygen atoms in total. The smallest absolute Gasteiger partial charge is 0.159 e. The molecule has 332 valence electrons. The number of benzene rings is 11. The summed E-state index contributed by atoms with van der Waals surface area (Å²) in [4.78, 5) is 4.74. The third-order valence-electron chi connectivity index (χ3n) is 14.5. The summed E-state index contributed by atoms with van der Waals surface area (Å²) in [6, 6.07) is 92.1. The first-order valence-electron chi connectivity index (χ1n) is 24.2. The summed E-state index contributed by atoms with van der Waals surface area (Å²) in [5.74, 6) is 1.66. The topological polar surface area (TPSA) is 15.7 Å². The molecule has 0 spiro atoms. The lowest BCUT2D eigenvalue weighted by atomic mass is 9.82. The molecule has 2 aliphatic rings. The van der Waals surface area contributed by atoms with Crippen molar-refractivity contribution in [3.8, 4) is 67.1 Å². The SMILES string of the molecule is CC1(C)c2ccccc2-c2ccc(N(c3ccc(-c4ccccc4)cc3)c3ccc4cccc5c4c3Oc3ccc(N(c4ccc(-c6ccccc6)cc4)c4ccc(-c6ccccc6)cc4)cc3-5)cc21. The van der Waals surface area contributed by atoms with Gasteiger partial charge in [-0.1, -0.05) is 196 Å². The number of rotatable bonds is 9. The zero-order valence-corrected chi connectivity index (χ0v) is 39.1. The minimum atomic E-state index is -0.162. The van der Waals surface area contributed by atoms with Gasteiger partial charge in [-0.25, -0.2) is 0 Å². The van der Waals surface area contributed by atoms with Crippen molar-refractivity contribution < 1.29 is 4.74 Å². The third-order valence-corrected chi connectivity index (χ3v) is 14.5. The van der Waals surface area contributed by atoms with Crippen molar-refractivity contribution in [1.82, 2.24) is 0 Å². The second kappa shape index (κ2) is 16.7. The molecule has 11 aromatic rings. The van der Waals surface area contributed by atoms with E-state index in [0.29, 0.717) is 0 Å². The van der Waals surface area contributed by atoms with E-state index >= 15 is 0 Å². The van der Waals surface area contributed by atoms with Crippen LogP contribution in [0.2, 0.25) is 0 Å². The Bertz CT molecular complexity index is 3650. The van der Waals surface area contributed by atoms with Crippen molar-refractivity contribution in [1.29, 1.82) is 0 Å². The van der Waals surface area contributed by atoms with Gasteiger partial charge >= 0.3 is 0 Å². The van der Waals surface area contributed by atoms with Crippen molar-refractivity contribution >= 4 is 44.9 Å². The molecule has 70 heavy (non-hydrogen) atoms. The van der Waals surface area contributed by atoms with E-state index in [-0.39, 0.29) is 5.41 Å². The molecule has 0 radical (unpaired) electrons. The van der Waals surface area contributed by atoms with E-state index in [9.17, 15) is 0 Å². The molecule has 0 amide bonds. The quantitative estimate of drug-likeness (QED) is 0.144. The second-order valence-electron chi connectivity index (χ2n) is 18.9. The second-order valence-corrected chi connectivity index (χ2v) is 18.9. The first-order valence-corrected chi connectivity index (χ1v) is 24.2. The summed E-state index contributed by atoms with van der Waals surface area (Å²) in [5.41, 5.74) is 20.7. The fourth-order valence-electron chi connectivity index (χ4n) is 10.9. The molecular weight excluding hydrogens is 849 g/mol. The van der Waals surface area contributed by atoms with Crippen molar-refractivity contribution in [2.45, 2.75) is 19.3 Å². The largest absolute Gasteiger partial charge is 0.454 e. The monoisotopic (exact) mass is 896 g/mol. The molecule has 13 rings (SSSR count). The van der Waals surface area contributed by atoms with Crippen LogP contribution in [0, 0.1) is 0 Å². The lowest BCUT2D eigenvalue weighted by Crippen LogP contribution is -2.17. The predicted octanol–water partition coefficient (Wildman–Crippen LogP) is 18.9. The Morgan fingerprint density at radius 3 is 1.36 bits per heavy atom. The van der Waals surface area contributed by atoms with E-state index in [1.807, 2.05) is 0 Å². The van der Waals surface area contributed by atoms with Crippen LogP contribution in [0.4, 0.5) is 34.1 Å². The molecule has 0 bridgehead atoms. The summed E-state index contributed by atoms with van der Waals surface area (Å²) < 4.78 is 7.30. The molecule has 1 heterocycles. The van der Waals surface area contributed by atoms with Crippen LogP contribution in [-0.2, 0) is 5.41 Å². The lowest BCUT2D eigenvalue weighted by molar-refractivity contribution is 0.488. The summed E-state index contributed by atoms with van der Waals surface area (Å²) in [5, 5.41) is 2.22. The van der Waals surface area contributed by atoms with Gasteiger partial charge in [0.15, 0.2) is 5.75 Å². The number of hydrogen-bond acceptors (Lipinski definition) is 3. The van der Waals surface area contributed by atoms with Gasteiger partial charge in [0.2, 0.25) is 0 Å². The Morgan fingerprint density at radius 2 is 0.771 bits per heavy atom. The molecule has 0 fully saturated rings. The molecule has 3 heteroatoms. The highest BCUT2D eigenvalue weighted by atomic mass is 16.5. The van der Waals surface area contributed by atoms with Gasteiger partial charge in [0.05, 0.1) is 5.69 Å². The number of nitrogens with zero attached hydrogens (tertiary/aromatic N) is 2. The molecule has 1 aliphatic heterocycles. The molecule has 11 aromatic carbocycles. The summed E-state index contributed by atoms with van der Waals surface area (Å²) in [7, 11) is 0. The van der Waals surface area contributed by atoms with Gasteiger partial charge in [-0.05, 0) is 139 Å². The summed E-state index contributed by atoms with van der Waals surface area (Å²) in [6.45, 7) is 4.70. The van der Waals surface area contributed by atoms with Crippen LogP contribution in [-0.4, -0.2) is 0 Å². The van der Waals surface area contributed by atoms with Crippen molar-refractivity contribution in [2.24, 2.45) is 0 Å². The molecule has 1 aliphatic carbocycles. The Morgan fingerprint density at radius 1 is 0.314 bits per heavy atom. The van der Waals surface area contributed by atoms with Crippen LogP contribution < -0.4 is 14.5 Å². The maximum atomic E-state index is 7.30. The Kier molecular flexibility index (Phi) is 9.85. The highest BCUT2D eigenvalue weighted by Crippen LogP contribution is 2.56. The van der Waals surface area contributed by atoms with Crippen LogP contribution in [0.25, 0.3) is 66.4 Å². The Labute approximate surface area is 409 Å². The van der Waals surface area contributed by atoms with Crippen molar-refractivity contribution in [3.05, 3.63) is 266 Å². The number of ether oxygens (including phenoxy) is 1. The van der Waals surface area contributed by atoms with E-state index in [1.54, 1.807) is 0 Å². The fraction of sp³-hybridized carbons (Fsp3) is 0.0448. The summed E-state index contributed by atoms with van der Waals surface area (Å²) >= 11 is 0. The fourth-order valence-corrected chi connectivity index (χ4v) is 10.9. The molecule has 0 saturated heterocycles. The standard InChI is InChI=1S/C67H48N2O/c1-67(2)61-24-13-12-22-57(61)58-40-38-56(44-62(58)67)69(54-36-29-50(30-37-54)47-19-10-5-11-20-47)63-41-31-51-21-14-23-59-60-43-55(39-42-64(60)70-66(63)65(51)59)68(52-32-25-48(26-33-52)45-15-6-3-7-16-45)53-34-27-49(28-35-53)46-17-8-4-9-18-46/h3-44H,1-2H3. The average molecular weight is 897 g/mol. The lowest BCUT2D eigenvalue weighted by Gasteiger charge is -2.32. The van der Waals surface area contributed by atoms with E-state index in [2.05, 4.69) is 278 Å². The minimum absolute atomic E-state index is 0.162.